The normalized spacial score (nSPS) is 13.1. The minimum atomic E-state index is -0.358. The number of carbonyl (C=O) groups excluding carboxylic acids is 2. The average molecular weight is 433 g/mol. The molecule has 1 N–H and O–H groups in total. The monoisotopic (exact) mass is 432 g/mol. The zero-order valence-corrected chi connectivity index (χ0v) is 17.8. The third kappa shape index (κ3) is 5.36. The molecule has 1 aliphatic rings. The first kappa shape index (κ1) is 21.8. The van der Waals surface area contributed by atoms with Gasteiger partial charge in [0.2, 0.25) is 0 Å². The maximum absolute atomic E-state index is 12.7. The Labute approximate surface area is 180 Å². The molecule has 0 unspecified atom stereocenters. The number of anilines is 1. The topological polar surface area (TPSA) is 77.1 Å². The van der Waals surface area contributed by atoms with Gasteiger partial charge in [0.15, 0.2) is 18.1 Å². The van der Waals surface area contributed by atoms with E-state index in [9.17, 15) is 9.59 Å². The minimum absolute atomic E-state index is 0.0247. The molecule has 2 amide bonds. The number of benzene rings is 2. The largest absolute Gasteiger partial charge is 0.493 e. The zero-order chi connectivity index (χ0) is 21.5. The van der Waals surface area contributed by atoms with Crippen molar-refractivity contribution in [2.45, 2.75) is 19.8 Å². The smallest absolute Gasteiger partial charge is 0.260 e. The average Bonchev–Trinajstić information content (AvgIpc) is 3.28. The predicted octanol–water partition coefficient (Wildman–Crippen LogP) is 4.00. The summed E-state index contributed by atoms with van der Waals surface area (Å²) >= 11 is 6.25. The summed E-state index contributed by atoms with van der Waals surface area (Å²) in [5.41, 5.74) is 0.867. The molecule has 0 radical (unpaired) electrons. The van der Waals surface area contributed by atoms with Crippen molar-refractivity contribution in [3.05, 3.63) is 47.0 Å². The van der Waals surface area contributed by atoms with Crippen LogP contribution in [0, 0.1) is 0 Å². The summed E-state index contributed by atoms with van der Waals surface area (Å²) in [5, 5.41) is 3.09. The fourth-order valence-electron chi connectivity index (χ4n) is 3.21. The van der Waals surface area contributed by atoms with Gasteiger partial charge in [0, 0.05) is 30.4 Å². The van der Waals surface area contributed by atoms with E-state index < -0.39 is 0 Å². The predicted molar refractivity (Wildman–Crippen MR) is 115 cm³/mol. The van der Waals surface area contributed by atoms with E-state index >= 15 is 0 Å². The number of nitrogens with one attached hydrogen (secondary N) is 1. The Morgan fingerprint density at radius 2 is 1.90 bits per heavy atom. The van der Waals surface area contributed by atoms with Crippen molar-refractivity contribution < 1.29 is 23.8 Å². The Morgan fingerprint density at radius 3 is 2.60 bits per heavy atom. The van der Waals surface area contributed by atoms with Crippen LogP contribution in [0.2, 0.25) is 5.02 Å². The van der Waals surface area contributed by atoms with Crippen LogP contribution in [0.4, 0.5) is 5.69 Å². The molecular weight excluding hydrogens is 408 g/mol. The number of rotatable bonds is 8. The highest BCUT2D eigenvalue weighted by atomic mass is 35.5. The SMILES string of the molecule is CCOc1c(Cl)cc(C(=O)Nc2cccc(OCC(=O)N3CCCC3)c2)cc1OC. The lowest BCUT2D eigenvalue weighted by atomic mass is 10.1. The highest BCUT2D eigenvalue weighted by molar-refractivity contribution is 6.32. The first-order valence-corrected chi connectivity index (χ1v) is 10.2. The maximum Gasteiger partial charge on any atom is 0.260 e. The maximum atomic E-state index is 12.7. The fourth-order valence-corrected chi connectivity index (χ4v) is 3.47. The quantitative estimate of drug-likeness (QED) is 0.682. The number of hydrogen-bond acceptors (Lipinski definition) is 5. The molecule has 0 spiro atoms. The zero-order valence-electron chi connectivity index (χ0n) is 17.1. The molecule has 1 aliphatic heterocycles. The van der Waals surface area contributed by atoms with E-state index in [2.05, 4.69) is 5.32 Å². The second kappa shape index (κ2) is 10.2. The molecule has 7 nitrogen and oxygen atoms in total. The van der Waals surface area contributed by atoms with Crippen molar-refractivity contribution >= 4 is 29.1 Å². The van der Waals surface area contributed by atoms with Gasteiger partial charge in [0.25, 0.3) is 11.8 Å². The molecule has 1 saturated heterocycles. The van der Waals surface area contributed by atoms with Crippen LogP contribution >= 0.6 is 11.6 Å². The Hall–Kier alpha value is -2.93. The molecule has 3 rings (SSSR count). The van der Waals surface area contributed by atoms with E-state index in [-0.39, 0.29) is 18.4 Å². The van der Waals surface area contributed by atoms with Gasteiger partial charge in [-0.1, -0.05) is 17.7 Å². The first-order valence-electron chi connectivity index (χ1n) is 9.84. The van der Waals surface area contributed by atoms with E-state index in [1.807, 2.05) is 6.92 Å². The lowest BCUT2D eigenvalue weighted by Crippen LogP contribution is -2.32. The summed E-state index contributed by atoms with van der Waals surface area (Å²) in [7, 11) is 1.49. The van der Waals surface area contributed by atoms with Crippen molar-refractivity contribution in [1.82, 2.24) is 4.90 Å². The molecule has 1 heterocycles. The van der Waals surface area contributed by atoms with E-state index in [1.165, 1.54) is 13.2 Å². The molecule has 8 heteroatoms. The second-order valence-electron chi connectivity index (χ2n) is 6.78. The number of carbonyl (C=O) groups is 2. The van der Waals surface area contributed by atoms with Gasteiger partial charge in [-0.25, -0.2) is 0 Å². The molecule has 2 aromatic carbocycles. The molecule has 0 bridgehead atoms. The van der Waals surface area contributed by atoms with Gasteiger partial charge in [-0.2, -0.15) is 0 Å². The summed E-state index contributed by atoms with van der Waals surface area (Å²) < 4.78 is 16.4. The summed E-state index contributed by atoms with van der Waals surface area (Å²) in [5.74, 6) is 0.896. The third-order valence-corrected chi connectivity index (χ3v) is 4.97. The number of methoxy groups -OCH3 is 1. The van der Waals surface area contributed by atoms with Gasteiger partial charge >= 0.3 is 0 Å². The number of halogens is 1. The van der Waals surface area contributed by atoms with Gasteiger partial charge in [0.05, 0.1) is 18.7 Å². The lowest BCUT2D eigenvalue weighted by molar-refractivity contribution is -0.132. The third-order valence-electron chi connectivity index (χ3n) is 4.69. The van der Waals surface area contributed by atoms with Crippen molar-refractivity contribution in [2.75, 3.05) is 38.7 Å². The van der Waals surface area contributed by atoms with Crippen molar-refractivity contribution in [2.24, 2.45) is 0 Å². The van der Waals surface area contributed by atoms with Gasteiger partial charge in [-0.05, 0) is 44.0 Å². The van der Waals surface area contributed by atoms with Crippen LogP contribution in [0.5, 0.6) is 17.2 Å². The molecule has 1 fully saturated rings. The molecule has 0 aromatic heterocycles. The van der Waals surface area contributed by atoms with Gasteiger partial charge in [0.1, 0.15) is 5.75 Å². The molecule has 160 valence electrons. The minimum Gasteiger partial charge on any atom is -0.493 e. The van der Waals surface area contributed by atoms with Gasteiger partial charge in [-0.15, -0.1) is 0 Å². The Balaban J connectivity index is 1.66. The van der Waals surface area contributed by atoms with Crippen LogP contribution in [0.1, 0.15) is 30.1 Å². The van der Waals surface area contributed by atoms with E-state index in [0.717, 1.165) is 25.9 Å². The number of amides is 2. The fraction of sp³-hybridized carbons (Fsp3) is 0.364. The molecular formula is C22H25ClN2O5. The van der Waals surface area contributed by atoms with Crippen LogP contribution < -0.4 is 19.5 Å². The highest BCUT2D eigenvalue weighted by Gasteiger charge is 2.19. The van der Waals surface area contributed by atoms with Crippen LogP contribution in [-0.2, 0) is 4.79 Å². The molecule has 0 saturated carbocycles. The standard InChI is InChI=1S/C22H25ClN2O5/c1-3-29-21-18(23)11-15(12-19(21)28-2)22(27)24-16-7-6-8-17(13-16)30-14-20(26)25-9-4-5-10-25/h6-8,11-13H,3-5,9-10,14H2,1-2H3,(H,24,27). The van der Waals surface area contributed by atoms with Gasteiger partial charge in [-0.3, -0.25) is 9.59 Å². The number of likely N-dealkylation sites (tertiary alicyclic amines) is 1. The van der Waals surface area contributed by atoms with Crippen LogP contribution in [-0.4, -0.2) is 50.1 Å². The van der Waals surface area contributed by atoms with Crippen LogP contribution in [0.25, 0.3) is 0 Å². The molecule has 0 aliphatic carbocycles. The molecule has 0 atom stereocenters. The summed E-state index contributed by atoms with van der Waals surface area (Å²) in [4.78, 5) is 26.6. The van der Waals surface area contributed by atoms with Crippen molar-refractivity contribution in [3.63, 3.8) is 0 Å². The summed E-state index contributed by atoms with van der Waals surface area (Å²) in [6.45, 7) is 3.81. The lowest BCUT2D eigenvalue weighted by Gasteiger charge is -2.16. The highest BCUT2D eigenvalue weighted by Crippen LogP contribution is 2.36. The second-order valence-corrected chi connectivity index (χ2v) is 7.19. The van der Waals surface area contributed by atoms with Crippen LogP contribution in [0.15, 0.2) is 36.4 Å². The van der Waals surface area contributed by atoms with E-state index in [0.29, 0.717) is 40.1 Å². The Morgan fingerprint density at radius 1 is 1.13 bits per heavy atom. The van der Waals surface area contributed by atoms with Gasteiger partial charge < -0.3 is 24.4 Å². The number of ether oxygens (including phenoxy) is 3. The Kier molecular flexibility index (Phi) is 7.41. The van der Waals surface area contributed by atoms with Crippen molar-refractivity contribution in [1.29, 1.82) is 0 Å². The number of nitrogens with zero attached hydrogens (tertiary/aromatic N) is 1. The summed E-state index contributed by atoms with van der Waals surface area (Å²) in [6, 6.07) is 9.99. The van der Waals surface area contributed by atoms with E-state index in [1.54, 1.807) is 35.2 Å². The van der Waals surface area contributed by atoms with Crippen LogP contribution in [0.3, 0.4) is 0 Å². The molecule has 2 aromatic rings. The Bertz CT molecular complexity index is 912. The first-order chi connectivity index (χ1) is 14.5. The summed E-state index contributed by atoms with van der Waals surface area (Å²) in [6.07, 6.45) is 2.07. The molecule has 30 heavy (non-hydrogen) atoms. The number of hydrogen-bond donors (Lipinski definition) is 1. The van der Waals surface area contributed by atoms with Crippen molar-refractivity contribution in [3.8, 4) is 17.2 Å². The van der Waals surface area contributed by atoms with E-state index in [4.69, 9.17) is 25.8 Å².